The minimum atomic E-state index is -0.489. The minimum absolute atomic E-state index is 0.0935. The van der Waals surface area contributed by atoms with Gasteiger partial charge in [0.1, 0.15) is 17.3 Å². The fourth-order valence-corrected chi connectivity index (χ4v) is 3.25. The number of carbonyl (C=O) groups is 2. The summed E-state index contributed by atoms with van der Waals surface area (Å²) in [5, 5.41) is 10.9. The van der Waals surface area contributed by atoms with Crippen LogP contribution in [0.25, 0.3) is 17.7 Å². The lowest BCUT2D eigenvalue weighted by Gasteiger charge is -2.08. The van der Waals surface area contributed by atoms with Crippen molar-refractivity contribution < 1.29 is 28.9 Å². The van der Waals surface area contributed by atoms with Crippen LogP contribution in [0, 0.1) is 0 Å². The van der Waals surface area contributed by atoms with Crippen LogP contribution in [0.15, 0.2) is 90.7 Å². The number of rotatable bonds is 9. The van der Waals surface area contributed by atoms with Crippen LogP contribution in [-0.2, 0) is 9.53 Å². The maximum Gasteiger partial charge on any atom is 0.337 e. The Morgan fingerprint density at radius 1 is 0.657 bits per heavy atom. The summed E-state index contributed by atoms with van der Waals surface area (Å²) in [6, 6.07) is 20.8. The van der Waals surface area contributed by atoms with Gasteiger partial charge in [-0.05, 0) is 65.2 Å². The molecule has 0 saturated heterocycles. The molecule has 0 saturated carbocycles. The van der Waals surface area contributed by atoms with Crippen molar-refractivity contribution in [2.75, 3.05) is 21.3 Å². The van der Waals surface area contributed by atoms with E-state index in [-0.39, 0.29) is 11.3 Å². The number of ketones is 1. The molecule has 3 rings (SSSR count). The number of benzene rings is 3. The molecule has 0 amide bonds. The van der Waals surface area contributed by atoms with Crippen molar-refractivity contribution in [2.45, 2.75) is 0 Å². The average Bonchev–Trinajstić information content (AvgIpc) is 2.91. The normalized spacial score (nSPS) is 11.9. The van der Waals surface area contributed by atoms with Crippen molar-refractivity contribution in [1.82, 2.24) is 0 Å². The molecule has 0 aliphatic carbocycles. The highest BCUT2D eigenvalue weighted by Gasteiger charge is 2.15. The molecule has 0 aliphatic rings. The molecule has 35 heavy (non-hydrogen) atoms. The molecule has 0 aromatic heterocycles. The minimum Gasteiger partial charge on any atom is -0.507 e. The molecule has 0 spiro atoms. The SMILES string of the molecule is COC(=O)c1ccc(/C(C(=O)/C=C/c2ccc(OC)cc2)=C(O)\C=C\c2ccc(OC)cc2)cc1. The third kappa shape index (κ3) is 6.71. The largest absolute Gasteiger partial charge is 0.507 e. The number of carbonyl (C=O) groups excluding carboxylic acids is 2. The molecule has 3 aromatic rings. The van der Waals surface area contributed by atoms with Crippen LogP contribution in [-0.4, -0.2) is 38.2 Å². The molecule has 0 unspecified atom stereocenters. The van der Waals surface area contributed by atoms with Crippen molar-refractivity contribution >= 4 is 29.5 Å². The summed E-state index contributed by atoms with van der Waals surface area (Å²) >= 11 is 0. The van der Waals surface area contributed by atoms with E-state index < -0.39 is 11.8 Å². The van der Waals surface area contributed by atoms with E-state index in [1.54, 1.807) is 74.9 Å². The van der Waals surface area contributed by atoms with E-state index in [4.69, 9.17) is 14.2 Å². The van der Waals surface area contributed by atoms with Gasteiger partial charge in [-0.25, -0.2) is 4.79 Å². The second-order valence-electron chi connectivity index (χ2n) is 7.41. The predicted molar refractivity (Wildman–Crippen MR) is 136 cm³/mol. The first-order valence-electron chi connectivity index (χ1n) is 10.8. The molecule has 0 aliphatic heterocycles. The Morgan fingerprint density at radius 3 is 1.57 bits per heavy atom. The third-order valence-corrected chi connectivity index (χ3v) is 5.19. The standard InChI is InChI=1S/C29H26O6/c1-33-24-14-4-20(5-15-24)8-18-26(30)28(22-10-12-23(13-11-22)29(32)35-3)27(31)19-9-21-6-16-25(34-2)17-7-21/h4-19,30H,1-3H3/b18-8+,19-9+,28-26-. The zero-order chi connectivity index (χ0) is 25.2. The van der Waals surface area contributed by atoms with Gasteiger partial charge in [0, 0.05) is 0 Å². The van der Waals surface area contributed by atoms with Crippen LogP contribution in [0.2, 0.25) is 0 Å². The smallest absolute Gasteiger partial charge is 0.337 e. The lowest BCUT2D eigenvalue weighted by atomic mass is 9.97. The second-order valence-corrected chi connectivity index (χ2v) is 7.41. The monoisotopic (exact) mass is 470 g/mol. The quantitative estimate of drug-likeness (QED) is 0.185. The molecule has 1 N–H and O–H groups in total. The van der Waals surface area contributed by atoms with Crippen LogP contribution in [0.1, 0.15) is 27.0 Å². The summed E-state index contributed by atoms with van der Waals surface area (Å²) in [5.41, 5.74) is 2.51. The second kappa shape index (κ2) is 12.0. The van der Waals surface area contributed by atoms with Crippen molar-refractivity contribution in [1.29, 1.82) is 0 Å². The lowest BCUT2D eigenvalue weighted by Crippen LogP contribution is -2.04. The highest BCUT2D eigenvalue weighted by molar-refractivity contribution is 6.28. The molecular formula is C29H26O6. The summed E-state index contributed by atoms with van der Waals surface area (Å²) < 4.78 is 15.0. The summed E-state index contributed by atoms with van der Waals surface area (Å²) in [5.74, 6) is 0.323. The zero-order valence-corrected chi connectivity index (χ0v) is 19.7. The van der Waals surface area contributed by atoms with Crippen molar-refractivity contribution in [3.63, 3.8) is 0 Å². The number of methoxy groups -OCH3 is 3. The fourth-order valence-electron chi connectivity index (χ4n) is 3.25. The van der Waals surface area contributed by atoms with E-state index in [0.29, 0.717) is 22.6 Å². The van der Waals surface area contributed by atoms with Crippen LogP contribution >= 0.6 is 0 Å². The van der Waals surface area contributed by atoms with Crippen molar-refractivity contribution in [2.24, 2.45) is 0 Å². The van der Waals surface area contributed by atoms with Gasteiger partial charge in [-0.1, -0.05) is 48.6 Å². The Balaban J connectivity index is 1.95. The van der Waals surface area contributed by atoms with Gasteiger partial charge in [0.2, 0.25) is 0 Å². The van der Waals surface area contributed by atoms with Gasteiger partial charge >= 0.3 is 5.97 Å². The Labute approximate surface area is 204 Å². The highest BCUT2D eigenvalue weighted by atomic mass is 16.5. The number of esters is 1. The van der Waals surface area contributed by atoms with Crippen molar-refractivity contribution in [3.8, 4) is 11.5 Å². The molecule has 0 heterocycles. The average molecular weight is 471 g/mol. The van der Waals surface area contributed by atoms with Crippen LogP contribution in [0.3, 0.4) is 0 Å². The number of ether oxygens (including phenoxy) is 3. The lowest BCUT2D eigenvalue weighted by molar-refractivity contribution is -0.109. The van der Waals surface area contributed by atoms with Gasteiger partial charge in [-0.15, -0.1) is 0 Å². The van der Waals surface area contributed by atoms with Gasteiger partial charge < -0.3 is 19.3 Å². The first kappa shape index (κ1) is 25.1. The van der Waals surface area contributed by atoms with E-state index in [0.717, 1.165) is 11.1 Å². The topological polar surface area (TPSA) is 82.1 Å². The van der Waals surface area contributed by atoms with Crippen LogP contribution in [0.4, 0.5) is 0 Å². The maximum atomic E-state index is 13.2. The maximum absolute atomic E-state index is 13.2. The van der Waals surface area contributed by atoms with Gasteiger partial charge in [0.15, 0.2) is 5.78 Å². The number of aliphatic hydroxyl groups excluding tert-OH is 1. The summed E-state index contributed by atoms with van der Waals surface area (Å²) in [6.07, 6.45) is 6.20. The molecule has 6 nitrogen and oxygen atoms in total. The first-order chi connectivity index (χ1) is 16.9. The fraction of sp³-hybridized carbons (Fsp3) is 0.103. The highest BCUT2D eigenvalue weighted by Crippen LogP contribution is 2.23. The molecule has 3 aromatic carbocycles. The predicted octanol–water partition coefficient (Wildman–Crippen LogP) is 5.76. The summed E-state index contributed by atoms with van der Waals surface area (Å²) in [7, 11) is 4.46. The molecule has 0 atom stereocenters. The zero-order valence-electron chi connectivity index (χ0n) is 19.7. The molecule has 6 heteroatoms. The van der Waals surface area contributed by atoms with E-state index in [1.165, 1.54) is 19.3 Å². The van der Waals surface area contributed by atoms with Crippen LogP contribution < -0.4 is 9.47 Å². The first-order valence-corrected chi connectivity index (χ1v) is 10.8. The van der Waals surface area contributed by atoms with Gasteiger partial charge in [-0.3, -0.25) is 4.79 Å². The van der Waals surface area contributed by atoms with E-state index in [2.05, 4.69) is 0 Å². The van der Waals surface area contributed by atoms with Gasteiger partial charge in [0.05, 0.1) is 32.5 Å². The summed E-state index contributed by atoms with van der Waals surface area (Å²) in [6.45, 7) is 0. The van der Waals surface area contributed by atoms with E-state index in [9.17, 15) is 14.7 Å². The van der Waals surface area contributed by atoms with Gasteiger partial charge in [-0.2, -0.15) is 0 Å². The summed E-state index contributed by atoms with van der Waals surface area (Å²) in [4.78, 5) is 25.0. The molecular weight excluding hydrogens is 444 g/mol. The van der Waals surface area contributed by atoms with E-state index >= 15 is 0 Å². The van der Waals surface area contributed by atoms with E-state index in [1.807, 2.05) is 24.3 Å². The Kier molecular flexibility index (Phi) is 8.62. The molecule has 0 fully saturated rings. The number of allylic oxidation sites excluding steroid dienone is 3. The Hall–Kier alpha value is -4.58. The molecule has 0 radical (unpaired) electrons. The number of hydrogen-bond acceptors (Lipinski definition) is 6. The van der Waals surface area contributed by atoms with Crippen LogP contribution in [0.5, 0.6) is 11.5 Å². The molecule has 0 bridgehead atoms. The van der Waals surface area contributed by atoms with Gasteiger partial charge in [0.25, 0.3) is 0 Å². The Morgan fingerprint density at radius 2 is 1.11 bits per heavy atom. The van der Waals surface area contributed by atoms with Crippen molar-refractivity contribution in [3.05, 3.63) is 113 Å². The number of hydrogen-bond donors (Lipinski definition) is 1. The number of aliphatic hydroxyl groups is 1. The third-order valence-electron chi connectivity index (χ3n) is 5.19. The molecule has 178 valence electrons. The Bertz CT molecular complexity index is 1250.